The van der Waals surface area contributed by atoms with Crippen molar-refractivity contribution in [2.75, 3.05) is 13.2 Å². The van der Waals surface area contributed by atoms with Gasteiger partial charge >= 0.3 is 0 Å². The summed E-state index contributed by atoms with van der Waals surface area (Å²) in [4.78, 5) is 0. The van der Waals surface area contributed by atoms with Gasteiger partial charge in [-0.25, -0.2) is 0 Å². The van der Waals surface area contributed by atoms with Crippen molar-refractivity contribution in [2.24, 2.45) is 0 Å². The standard InChI is InChI=1S/C24H38O2/c1-2-3-4-5-6-7-8-9-10-11-12-13-14-16-22-17-15-18-23(19-22)25-20-24-21-26-24/h5-6,15,17-19,24H,2-4,7-14,16,20-21H2,1H3/b6-5+. The second-order valence-corrected chi connectivity index (χ2v) is 7.54. The summed E-state index contributed by atoms with van der Waals surface area (Å²) in [5.74, 6) is 0.988. The first-order valence-electron chi connectivity index (χ1n) is 10.9. The van der Waals surface area contributed by atoms with Crippen LogP contribution < -0.4 is 4.74 Å². The van der Waals surface area contributed by atoms with Crippen molar-refractivity contribution in [3.63, 3.8) is 0 Å². The SMILES string of the molecule is CCCC/C=C/CCCCCCCCCc1cccc(OCC2CO2)c1. The molecule has 0 N–H and O–H groups in total. The Morgan fingerprint density at radius 2 is 1.65 bits per heavy atom. The van der Waals surface area contributed by atoms with Crippen molar-refractivity contribution in [1.82, 2.24) is 0 Å². The van der Waals surface area contributed by atoms with Crippen LogP contribution in [-0.2, 0) is 11.2 Å². The van der Waals surface area contributed by atoms with E-state index < -0.39 is 0 Å². The van der Waals surface area contributed by atoms with Gasteiger partial charge in [0.1, 0.15) is 18.5 Å². The van der Waals surface area contributed by atoms with Crippen LogP contribution in [0.3, 0.4) is 0 Å². The topological polar surface area (TPSA) is 21.8 Å². The minimum absolute atomic E-state index is 0.329. The Morgan fingerprint density at radius 3 is 2.38 bits per heavy atom. The van der Waals surface area contributed by atoms with Gasteiger partial charge in [0, 0.05) is 0 Å². The average Bonchev–Trinajstić information content (AvgIpc) is 3.49. The van der Waals surface area contributed by atoms with Crippen LogP contribution in [-0.4, -0.2) is 19.3 Å². The van der Waals surface area contributed by atoms with Gasteiger partial charge in [0.15, 0.2) is 0 Å². The first-order chi connectivity index (χ1) is 12.9. The van der Waals surface area contributed by atoms with Crippen molar-refractivity contribution in [3.05, 3.63) is 42.0 Å². The molecule has 1 aliphatic heterocycles. The van der Waals surface area contributed by atoms with E-state index >= 15 is 0 Å². The number of aryl methyl sites for hydroxylation is 1. The summed E-state index contributed by atoms with van der Waals surface area (Å²) >= 11 is 0. The molecule has 1 aromatic rings. The Morgan fingerprint density at radius 1 is 0.962 bits per heavy atom. The van der Waals surface area contributed by atoms with Crippen LogP contribution in [0, 0.1) is 0 Å². The van der Waals surface area contributed by atoms with Crippen LogP contribution in [0.5, 0.6) is 5.75 Å². The zero-order valence-electron chi connectivity index (χ0n) is 16.8. The molecule has 0 radical (unpaired) electrons. The van der Waals surface area contributed by atoms with Gasteiger partial charge in [0.25, 0.3) is 0 Å². The summed E-state index contributed by atoms with van der Waals surface area (Å²) in [6.07, 6.45) is 21.0. The fourth-order valence-corrected chi connectivity index (χ4v) is 3.18. The third-order valence-corrected chi connectivity index (χ3v) is 4.96. The van der Waals surface area contributed by atoms with Crippen molar-refractivity contribution in [3.8, 4) is 5.75 Å². The molecule has 1 heterocycles. The van der Waals surface area contributed by atoms with Crippen molar-refractivity contribution < 1.29 is 9.47 Å². The lowest BCUT2D eigenvalue weighted by Crippen LogP contribution is -2.04. The molecule has 2 rings (SSSR count). The molecule has 0 aliphatic carbocycles. The molecule has 1 saturated heterocycles. The molecule has 2 nitrogen and oxygen atoms in total. The number of rotatable bonds is 16. The molecule has 2 heteroatoms. The summed E-state index contributed by atoms with van der Waals surface area (Å²) in [5.41, 5.74) is 1.40. The minimum atomic E-state index is 0.329. The number of epoxide rings is 1. The van der Waals surface area contributed by atoms with Crippen molar-refractivity contribution in [2.45, 2.75) is 90.1 Å². The van der Waals surface area contributed by atoms with E-state index in [1.807, 2.05) is 6.07 Å². The van der Waals surface area contributed by atoms with Gasteiger partial charge in [-0.15, -0.1) is 0 Å². The highest BCUT2D eigenvalue weighted by Gasteiger charge is 2.22. The second-order valence-electron chi connectivity index (χ2n) is 7.54. The number of unbranched alkanes of at least 4 members (excludes halogenated alkanes) is 9. The van der Waals surface area contributed by atoms with Gasteiger partial charge in [0.2, 0.25) is 0 Å². The van der Waals surface area contributed by atoms with Crippen LogP contribution in [0.1, 0.15) is 83.1 Å². The summed E-state index contributed by atoms with van der Waals surface area (Å²) in [5, 5.41) is 0. The number of hydrogen-bond donors (Lipinski definition) is 0. The van der Waals surface area contributed by atoms with Crippen LogP contribution in [0.15, 0.2) is 36.4 Å². The summed E-state index contributed by atoms with van der Waals surface area (Å²) in [7, 11) is 0. The number of benzene rings is 1. The van der Waals surface area contributed by atoms with Gasteiger partial charge in [-0.3, -0.25) is 0 Å². The van der Waals surface area contributed by atoms with Crippen molar-refractivity contribution in [1.29, 1.82) is 0 Å². The Balaban J connectivity index is 1.40. The lowest BCUT2D eigenvalue weighted by Gasteiger charge is -2.07. The molecule has 0 spiro atoms. The van der Waals surface area contributed by atoms with Gasteiger partial charge in [-0.2, -0.15) is 0 Å². The minimum Gasteiger partial charge on any atom is -0.491 e. The highest BCUT2D eigenvalue weighted by molar-refractivity contribution is 5.28. The van der Waals surface area contributed by atoms with Gasteiger partial charge < -0.3 is 9.47 Å². The van der Waals surface area contributed by atoms with Gasteiger partial charge in [-0.05, 0) is 49.8 Å². The lowest BCUT2D eigenvalue weighted by molar-refractivity contribution is 0.263. The van der Waals surface area contributed by atoms with E-state index in [9.17, 15) is 0 Å². The van der Waals surface area contributed by atoms with E-state index in [0.29, 0.717) is 12.7 Å². The molecule has 0 amide bonds. The highest BCUT2D eigenvalue weighted by atomic mass is 16.6. The number of hydrogen-bond acceptors (Lipinski definition) is 2. The first kappa shape index (κ1) is 21.0. The molecule has 1 aromatic carbocycles. The van der Waals surface area contributed by atoms with E-state index in [1.165, 1.54) is 82.6 Å². The molecule has 1 unspecified atom stereocenters. The molecule has 0 aromatic heterocycles. The quantitative estimate of drug-likeness (QED) is 0.183. The van der Waals surface area contributed by atoms with Crippen LogP contribution in [0.25, 0.3) is 0 Å². The number of ether oxygens (including phenoxy) is 2. The zero-order valence-corrected chi connectivity index (χ0v) is 16.8. The molecule has 0 bridgehead atoms. The maximum atomic E-state index is 5.76. The van der Waals surface area contributed by atoms with Crippen molar-refractivity contribution >= 4 is 0 Å². The van der Waals surface area contributed by atoms with E-state index in [4.69, 9.17) is 9.47 Å². The molecular formula is C24H38O2. The van der Waals surface area contributed by atoms with Gasteiger partial charge in [-0.1, -0.05) is 76.2 Å². The van der Waals surface area contributed by atoms with E-state index in [2.05, 4.69) is 37.3 Å². The maximum Gasteiger partial charge on any atom is 0.119 e. The Hall–Kier alpha value is -1.28. The Kier molecular flexibility index (Phi) is 11.2. The Labute approximate surface area is 161 Å². The molecular weight excluding hydrogens is 320 g/mol. The molecule has 146 valence electrons. The summed E-state index contributed by atoms with van der Waals surface area (Å²) < 4.78 is 10.9. The maximum absolute atomic E-state index is 5.76. The third kappa shape index (κ3) is 10.7. The largest absolute Gasteiger partial charge is 0.491 e. The molecule has 26 heavy (non-hydrogen) atoms. The average molecular weight is 359 g/mol. The van der Waals surface area contributed by atoms with Crippen LogP contribution in [0.2, 0.25) is 0 Å². The molecule has 1 aliphatic rings. The lowest BCUT2D eigenvalue weighted by atomic mass is 10.0. The highest BCUT2D eigenvalue weighted by Crippen LogP contribution is 2.18. The summed E-state index contributed by atoms with van der Waals surface area (Å²) in [6.45, 7) is 3.80. The zero-order chi connectivity index (χ0) is 18.3. The summed E-state index contributed by atoms with van der Waals surface area (Å²) in [6, 6.07) is 8.56. The van der Waals surface area contributed by atoms with E-state index in [-0.39, 0.29) is 0 Å². The van der Waals surface area contributed by atoms with E-state index in [0.717, 1.165) is 12.4 Å². The Bertz CT molecular complexity index is 491. The third-order valence-electron chi connectivity index (χ3n) is 4.96. The van der Waals surface area contributed by atoms with Crippen LogP contribution in [0.4, 0.5) is 0 Å². The molecule has 0 saturated carbocycles. The fraction of sp³-hybridized carbons (Fsp3) is 0.667. The second kappa shape index (κ2) is 13.9. The van der Waals surface area contributed by atoms with Gasteiger partial charge in [0.05, 0.1) is 6.61 Å². The predicted molar refractivity (Wildman–Crippen MR) is 111 cm³/mol. The van der Waals surface area contributed by atoms with E-state index in [1.54, 1.807) is 0 Å². The molecule has 1 atom stereocenters. The van der Waals surface area contributed by atoms with Crippen LogP contribution >= 0.6 is 0 Å². The molecule has 1 fully saturated rings. The smallest absolute Gasteiger partial charge is 0.119 e. The fourth-order valence-electron chi connectivity index (χ4n) is 3.18. The normalized spacial score (nSPS) is 16.3. The predicted octanol–water partition coefficient (Wildman–Crippen LogP) is 6.87. The number of allylic oxidation sites excluding steroid dienone is 2. The monoisotopic (exact) mass is 358 g/mol. The first-order valence-corrected chi connectivity index (χ1v) is 10.9.